The molecule has 2 aromatic carbocycles. The van der Waals surface area contributed by atoms with Crippen LogP contribution in [0, 0.1) is 12.8 Å². The average Bonchev–Trinajstić information content (AvgIpc) is 2.57. The molecule has 0 saturated heterocycles. The molecule has 1 N–H and O–H groups in total. The molecule has 0 aromatic heterocycles. The summed E-state index contributed by atoms with van der Waals surface area (Å²) in [6, 6.07) is 12.1. The van der Waals surface area contributed by atoms with Crippen LogP contribution in [-0.2, 0) is 21.2 Å². The second-order valence-electron chi connectivity index (χ2n) is 7.16. The quantitative estimate of drug-likeness (QED) is 0.870. The number of benzene rings is 2. The summed E-state index contributed by atoms with van der Waals surface area (Å²) in [6.45, 7) is 6.73. The van der Waals surface area contributed by atoms with Gasteiger partial charge in [-0.2, -0.15) is 0 Å². The van der Waals surface area contributed by atoms with Crippen LogP contribution in [0.4, 0.5) is 11.4 Å². The second kappa shape index (κ2) is 7.11. The Bertz CT molecular complexity index is 919. The van der Waals surface area contributed by atoms with Gasteiger partial charge in [0.05, 0.1) is 4.90 Å². The van der Waals surface area contributed by atoms with Crippen molar-refractivity contribution >= 4 is 27.3 Å². The van der Waals surface area contributed by atoms with Gasteiger partial charge in [0.1, 0.15) is 0 Å². The van der Waals surface area contributed by atoms with Gasteiger partial charge in [0.25, 0.3) is 10.0 Å². The molecule has 26 heavy (non-hydrogen) atoms. The Morgan fingerprint density at radius 2 is 1.77 bits per heavy atom. The molecule has 2 aromatic rings. The number of carbonyl (C=O) groups excluding carboxylic acids is 1. The lowest BCUT2D eigenvalue weighted by Crippen LogP contribution is -2.37. The molecule has 0 spiro atoms. The summed E-state index contributed by atoms with van der Waals surface area (Å²) in [5.41, 5.74) is 3.40. The lowest BCUT2D eigenvalue weighted by molar-refractivity contribution is -0.119. The molecule has 1 aliphatic rings. The van der Waals surface area contributed by atoms with Gasteiger partial charge in [0, 0.05) is 24.3 Å². The Morgan fingerprint density at radius 1 is 1.08 bits per heavy atom. The first-order chi connectivity index (χ1) is 12.3. The third-order valence-corrected chi connectivity index (χ3v) is 5.81. The van der Waals surface area contributed by atoms with E-state index in [0.717, 1.165) is 16.8 Å². The minimum absolute atomic E-state index is 0.124. The van der Waals surface area contributed by atoms with Crippen LogP contribution in [-0.4, -0.2) is 20.9 Å². The summed E-state index contributed by atoms with van der Waals surface area (Å²) >= 11 is 0. The molecule has 3 rings (SSSR count). The van der Waals surface area contributed by atoms with Crippen LogP contribution < -0.4 is 9.62 Å². The molecule has 1 heterocycles. The van der Waals surface area contributed by atoms with Crippen LogP contribution in [0.25, 0.3) is 0 Å². The number of rotatable bonds is 5. The molecule has 0 bridgehead atoms. The van der Waals surface area contributed by atoms with E-state index in [1.807, 2.05) is 24.0 Å². The van der Waals surface area contributed by atoms with E-state index in [1.165, 1.54) is 0 Å². The minimum atomic E-state index is -3.63. The summed E-state index contributed by atoms with van der Waals surface area (Å²) in [4.78, 5) is 14.3. The van der Waals surface area contributed by atoms with E-state index in [0.29, 0.717) is 31.0 Å². The van der Waals surface area contributed by atoms with E-state index in [2.05, 4.69) is 18.6 Å². The largest absolute Gasteiger partial charge is 0.312 e. The number of hydrogen-bond donors (Lipinski definition) is 1. The summed E-state index contributed by atoms with van der Waals surface area (Å²) in [5.74, 6) is 0.490. The first-order valence-corrected chi connectivity index (χ1v) is 10.3. The number of sulfonamides is 1. The number of amides is 1. The van der Waals surface area contributed by atoms with E-state index in [9.17, 15) is 13.2 Å². The number of nitrogens with one attached hydrogen (secondary N) is 1. The third-order valence-electron chi connectivity index (χ3n) is 4.41. The molecule has 138 valence electrons. The highest BCUT2D eigenvalue weighted by Crippen LogP contribution is 2.31. The predicted molar refractivity (Wildman–Crippen MR) is 104 cm³/mol. The van der Waals surface area contributed by atoms with Crippen molar-refractivity contribution in [1.29, 1.82) is 0 Å². The van der Waals surface area contributed by atoms with Gasteiger partial charge in [-0.1, -0.05) is 31.5 Å². The van der Waals surface area contributed by atoms with Crippen molar-refractivity contribution in [2.45, 2.75) is 38.5 Å². The summed E-state index contributed by atoms with van der Waals surface area (Å²) in [6.07, 6.45) is 1.08. The summed E-state index contributed by atoms with van der Waals surface area (Å²) in [5, 5.41) is 0. The van der Waals surface area contributed by atoms with Crippen molar-refractivity contribution in [2.24, 2.45) is 5.92 Å². The fourth-order valence-electron chi connectivity index (χ4n) is 3.12. The Labute approximate surface area is 155 Å². The lowest BCUT2D eigenvalue weighted by Gasteiger charge is -2.31. The number of fused-ring (bicyclic) bond motifs is 1. The van der Waals surface area contributed by atoms with Crippen molar-refractivity contribution in [2.75, 3.05) is 16.2 Å². The topological polar surface area (TPSA) is 66.5 Å². The first kappa shape index (κ1) is 18.5. The van der Waals surface area contributed by atoms with Crippen molar-refractivity contribution in [3.63, 3.8) is 0 Å². The molecule has 0 unspecified atom stereocenters. The van der Waals surface area contributed by atoms with Gasteiger partial charge in [0.2, 0.25) is 5.91 Å². The van der Waals surface area contributed by atoms with Crippen LogP contribution in [0.15, 0.2) is 47.4 Å². The molecule has 1 amide bonds. The SMILES string of the molecule is Cc1ccc(S(=O)(=O)Nc2ccc3c(c2)CCC(=O)N3CC(C)C)cc1. The molecule has 5 nitrogen and oxygen atoms in total. The zero-order valence-corrected chi connectivity index (χ0v) is 16.1. The maximum Gasteiger partial charge on any atom is 0.261 e. The molecule has 0 aliphatic carbocycles. The maximum atomic E-state index is 12.6. The zero-order valence-electron chi connectivity index (χ0n) is 15.3. The monoisotopic (exact) mass is 372 g/mol. The highest BCUT2D eigenvalue weighted by Gasteiger charge is 2.25. The number of hydrogen-bond acceptors (Lipinski definition) is 3. The highest BCUT2D eigenvalue weighted by atomic mass is 32.2. The molecular weight excluding hydrogens is 348 g/mol. The van der Waals surface area contributed by atoms with E-state index < -0.39 is 10.0 Å². The van der Waals surface area contributed by atoms with Crippen LogP contribution in [0.1, 0.15) is 31.4 Å². The second-order valence-corrected chi connectivity index (χ2v) is 8.84. The number of aryl methyl sites for hydroxylation is 2. The molecule has 0 atom stereocenters. The minimum Gasteiger partial charge on any atom is -0.312 e. The fraction of sp³-hybridized carbons (Fsp3) is 0.350. The van der Waals surface area contributed by atoms with Crippen molar-refractivity contribution < 1.29 is 13.2 Å². The van der Waals surface area contributed by atoms with Gasteiger partial charge >= 0.3 is 0 Å². The van der Waals surface area contributed by atoms with Crippen molar-refractivity contribution in [3.05, 3.63) is 53.6 Å². The predicted octanol–water partition coefficient (Wildman–Crippen LogP) is 3.73. The maximum absolute atomic E-state index is 12.6. The smallest absolute Gasteiger partial charge is 0.261 e. The molecule has 6 heteroatoms. The van der Waals surface area contributed by atoms with Crippen LogP contribution in [0.5, 0.6) is 0 Å². The molecular formula is C20H24N2O3S. The number of carbonyl (C=O) groups is 1. The van der Waals surface area contributed by atoms with Gasteiger partial charge in [-0.15, -0.1) is 0 Å². The zero-order chi connectivity index (χ0) is 18.9. The third kappa shape index (κ3) is 3.90. The first-order valence-electron chi connectivity index (χ1n) is 8.79. The Kier molecular flexibility index (Phi) is 5.05. The molecule has 0 fully saturated rings. The van der Waals surface area contributed by atoms with Crippen LogP contribution >= 0.6 is 0 Å². The number of anilines is 2. The Hall–Kier alpha value is -2.34. The van der Waals surface area contributed by atoms with Crippen molar-refractivity contribution in [3.8, 4) is 0 Å². The van der Waals surface area contributed by atoms with Crippen LogP contribution in [0.2, 0.25) is 0 Å². The Balaban J connectivity index is 1.87. The summed E-state index contributed by atoms with van der Waals surface area (Å²) in [7, 11) is -3.63. The Morgan fingerprint density at radius 3 is 2.42 bits per heavy atom. The molecule has 1 aliphatic heterocycles. The van der Waals surface area contributed by atoms with Gasteiger partial charge in [-0.25, -0.2) is 8.42 Å². The normalized spacial score (nSPS) is 14.5. The van der Waals surface area contributed by atoms with E-state index in [-0.39, 0.29) is 10.8 Å². The van der Waals surface area contributed by atoms with Gasteiger partial charge in [0.15, 0.2) is 0 Å². The van der Waals surface area contributed by atoms with E-state index in [1.54, 1.807) is 30.3 Å². The lowest BCUT2D eigenvalue weighted by atomic mass is 9.99. The average molecular weight is 372 g/mol. The molecule has 0 radical (unpaired) electrons. The molecule has 0 saturated carbocycles. The van der Waals surface area contributed by atoms with E-state index in [4.69, 9.17) is 0 Å². The standard InChI is InChI=1S/C20H24N2O3S/c1-14(2)13-22-19-10-7-17(12-16(19)6-11-20(22)23)21-26(24,25)18-8-4-15(3)5-9-18/h4-5,7-10,12,14,21H,6,11,13H2,1-3H3. The van der Waals surface area contributed by atoms with Crippen LogP contribution in [0.3, 0.4) is 0 Å². The van der Waals surface area contributed by atoms with Gasteiger partial charge in [-0.3, -0.25) is 9.52 Å². The number of nitrogens with zero attached hydrogens (tertiary/aromatic N) is 1. The van der Waals surface area contributed by atoms with Crippen molar-refractivity contribution in [1.82, 2.24) is 0 Å². The van der Waals surface area contributed by atoms with Gasteiger partial charge in [-0.05, 0) is 55.2 Å². The van der Waals surface area contributed by atoms with Gasteiger partial charge < -0.3 is 4.90 Å². The fourth-order valence-corrected chi connectivity index (χ4v) is 4.17. The highest BCUT2D eigenvalue weighted by molar-refractivity contribution is 7.92. The summed E-state index contributed by atoms with van der Waals surface area (Å²) < 4.78 is 27.8. The van der Waals surface area contributed by atoms with E-state index >= 15 is 0 Å².